The lowest BCUT2D eigenvalue weighted by Gasteiger charge is -2.21. The summed E-state index contributed by atoms with van der Waals surface area (Å²) in [4.78, 5) is 25.7. The van der Waals surface area contributed by atoms with Crippen LogP contribution in [0.25, 0.3) is 0 Å². The van der Waals surface area contributed by atoms with Crippen molar-refractivity contribution in [3.8, 4) is 0 Å². The molecule has 0 atom stereocenters. The Balaban J connectivity index is 2.28. The number of carbonyl (C=O) groups excluding carboxylic acids is 2. The van der Waals surface area contributed by atoms with Crippen LogP contribution in [-0.2, 0) is 9.59 Å². The Kier molecular flexibility index (Phi) is 8.59. The molecule has 4 nitrogen and oxygen atoms in total. The van der Waals surface area contributed by atoms with Gasteiger partial charge >= 0.3 is 0 Å². The van der Waals surface area contributed by atoms with E-state index in [-0.39, 0.29) is 11.8 Å². The Labute approximate surface area is 131 Å². The quantitative estimate of drug-likeness (QED) is 0.763. The fourth-order valence-electron chi connectivity index (χ4n) is 1.94. The first-order valence-electron chi connectivity index (χ1n) is 7.37. The average Bonchev–Trinajstić information content (AvgIpc) is 2.48. The highest BCUT2D eigenvalue weighted by atomic mass is 32.2. The van der Waals surface area contributed by atoms with Crippen molar-refractivity contribution in [1.82, 2.24) is 4.90 Å². The van der Waals surface area contributed by atoms with E-state index < -0.39 is 0 Å². The highest BCUT2D eigenvalue weighted by Gasteiger charge is 2.12. The largest absolute Gasteiger partial charge is 0.342 e. The molecule has 0 heterocycles. The fraction of sp³-hybridized carbons (Fsp3) is 0.500. The third kappa shape index (κ3) is 7.18. The van der Waals surface area contributed by atoms with Crippen molar-refractivity contribution < 1.29 is 9.59 Å². The number of para-hydroxylation sites is 1. The topological polar surface area (TPSA) is 49.4 Å². The number of amides is 2. The van der Waals surface area contributed by atoms with E-state index in [0.29, 0.717) is 11.5 Å². The monoisotopic (exact) mass is 308 g/mol. The second kappa shape index (κ2) is 10.3. The summed E-state index contributed by atoms with van der Waals surface area (Å²) in [7, 11) is 0. The standard InChI is InChI=1S/C16H24N2O2S/c1-3-10-18(11-4-2)16(20)13-21-12-15(19)17-14-8-6-5-7-9-14/h5-9H,3-4,10-13H2,1-2H3,(H,17,19). The first kappa shape index (κ1) is 17.6. The summed E-state index contributed by atoms with van der Waals surface area (Å²) in [6, 6.07) is 9.34. The van der Waals surface area contributed by atoms with E-state index in [1.165, 1.54) is 11.8 Å². The zero-order chi connectivity index (χ0) is 15.5. The van der Waals surface area contributed by atoms with E-state index in [0.717, 1.165) is 31.6 Å². The van der Waals surface area contributed by atoms with E-state index in [2.05, 4.69) is 19.2 Å². The van der Waals surface area contributed by atoms with Gasteiger partial charge in [-0.2, -0.15) is 0 Å². The van der Waals surface area contributed by atoms with Crippen molar-refractivity contribution in [3.05, 3.63) is 30.3 Å². The van der Waals surface area contributed by atoms with Crippen molar-refractivity contribution in [3.63, 3.8) is 0 Å². The summed E-state index contributed by atoms with van der Waals surface area (Å²) < 4.78 is 0. The van der Waals surface area contributed by atoms with Gasteiger partial charge in [-0.05, 0) is 25.0 Å². The van der Waals surface area contributed by atoms with E-state index >= 15 is 0 Å². The number of hydrogen-bond donors (Lipinski definition) is 1. The number of carbonyl (C=O) groups is 2. The van der Waals surface area contributed by atoms with Crippen LogP contribution in [0.4, 0.5) is 5.69 Å². The lowest BCUT2D eigenvalue weighted by Crippen LogP contribution is -2.34. The molecule has 0 radical (unpaired) electrons. The highest BCUT2D eigenvalue weighted by Crippen LogP contribution is 2.08. The number of rotatable bonds is 9. The zero-order valence-electron chi connectivity index (χ0n) is 12.8. The summed E-state index contributed by atoms with van der Waals surface area (Å²) >= 11 is 1.37. The van der Waals surface area contributed by atoms with Gasteiger partial charge in [0.1, 0.15) is 0 Å². The third-order valence-electron chi connectivity index (χ3n) is 2.86. The molecule has 0 saturated heterocycles. The van der Waals surface area contributed by atoms with Gasteiger partial charge in [-0.25, -0.2) is 0 Å². The van der Waals surface area contributed by atoms with Crippen LogP contribution in [0.2, 0.25) is 0 Å². The average molecular weight is 308 g/mol. The molecule has 116 valence electrons. The summed E-state index contributed by atoms with van der Waals surface area (Å²) in [5.74, 6) is 0.710. The van der Waals surface area contributed by atoms with Crippen LogP contribution in [-0.4, -0.2) is 41.3 Å². The number of thioether (sulfide) groups is 1. The second-order valence-electron chi connectivity index (χ2n) is 4.79. The molecule has 0 fully saturated rings. The lowest BCUT2D eigenvalue weighted by atomic mass is 10.3. The van der Waals surface area contributed by atoms with Gasteiger partial charge in [0.05, 0.1) is 11.5 Å². The molecule has 0 saturated carbocycles. The molecule has 1 N–H and O–H groups in total. The Morgan fingerprint density at radius 3 is 2.24 bits per heavy atom. The van der Waals surface area contributed by atoms with Crippen molar-refractivity contribution in [2.75, 3.05) is 29.9 Å². The Morgan fingerprint density at radius 2 is 1.67 bits per heavy atom. The molecule has 1 aromatic carbocycles. The predicted octanol–water partition coefficient (Wildman–Crippen LogP) is 3.01. The summed E-state index contributed by atoms with van der Waals surface area (Å²) in [6.45, 7) is 5.72. The minimum Gasteiger partial charge on any atom is -0.342 e. The highest BCUT2D eigenvalue weighted by molar-refractivity contribution is 8.00. The summed E-state index contributed by atoms with van der Waals surface area (Å²) in [6.07, 6.45) is 1.93. The van der Waals surface area contributed by atoms with Crippen LogP contribution < -0.4 is 5.32 Å². The maximum Gasteiger partial charge on any atom is 0.234 e. The molecule has 0 spiro atoms. The minimum atomic E-state index is -0.0727. The molecule has 0 aliphatic carbocycles. The van der Waals surface area contributed by atoms with Crippen molar-refractivity contribution >= 4 is 29.3 Å². The van der Waals surface area contributed by atoms with Crippen LogP contribution in [0.1, 0.15) is 26.7 Å². The number of hydrogen-bond acceptors (Lipinski definition) is 3. The fourth-order valence-corrected chi connectivity index (χ4v) is 2.66. The van der Waals surface area contributed by atoms with Gasteiger partial charge in [-0.1, -0.05) is 32.0 Å². The maximum absolute atomic E-state index is 12.0. The molecular weight excluding hydrogens is 284 g/mol. The van der Waals surface area contributed by atoms with Gasteiger partial charge in [0, 0.05) is 18.8 Å². The van der Waals surface area contributed by atoms with Crippen LogP contribution in [0.5, 0.6) is 0 Å². The van der Waals surface area contributed by atoms with Gasteiger partial charge in [-0.15, -0.1) is 11.8 Å². The Hall–Kier alpha value is -1.49. The van der Waals surface area contributed by atoms with E-state index in [1.807, 2.05) is 35.2 Å². The normalized spacial score (nSPS) is 10.2. The van der Waals surface area contributed by atoms with Crippen molar-refractivity contribution in [2.24, 2.45) is 0 Å². The SMILES string of the molecule is CCCN(CCC)C(=O)CSCC(=O)Nc1ccccc1. The Bertz CT molecular complexity index is 431. The maximum atomic E-state index is 12.0. The Morgan fingerprint density at radius 1 is 1.05 bits per heavy atom. The van der Waals surface area contributed by atoms with Crippen molar-refractivity contribution in [1.29, 1.82) is 0 Å². The zero-order valence-corrected chi connectivity index (χ0v) is 13.6. The van der Waals surface area contributed by atoms with E-state index in [4.69, 9.17) is 0 Å². The molecule has 0 bridgehead atoms. The van der Waals surface area contributed by atoms with Crippen LogP contribution in [0.3, 0.4) is 0 Å². The summed E-state index contributed by atoms with van der Waals surface area (Å²) in [5, 5.41) is 2.81. The smallest absolute Gasteiger partial charge is 0.234 e. The number of anilines is 1. The van der Waals surface area contributed by atoms with Gasteiger partial charge in [0.25, 0.3) is 0 Å². The van der Waals surface area contributed by atoms with Gasteiger partial charge in [-0.3, -0.25) is 9.59 Å². The van der Waals surface area contributed by atoms with Crippen LogP contribution in [0, 0.1) is 0 Å². The second-order valence-corrected chi connectivity index (χ2v) is 5.77. The molecule has 1 rings (SSSR count). The van der Waals surface area contributed by atoms with Gasteiger partial charge < -0.3 is 10.2 Å². The molecule has 0 aliphatic rings. The lowest BCUT2D eigenvalue weighted by molar-refractivity contribution is -0.128. The number of nitrogens with zero attached hydrogens (tertiary/aromatic N) is 1. The van der Waals surface area contributed by atoms with E-state index in [9.17, 15) is 9.59 Å². The minimum absolute atomic E-state index is 0.0727. The molecule has 21 heavy (non-hydrogen) atoms. The predicted molar refractivity (Wildman–Crippen MR) is 89.6 cm³/mol. The molecule has 5 heteroatoms. The first-order valence-corrected chi connectivity index (χ1v) is 8.53. The number of benzene rings is 1. The molecule has 1 aromatic rings. The molecule has 0 unspecified atom stereocenters. The van der Waals surface area contributed by atoms with Crippen LogP contribution in [0.15, 0.2) is 30.3 Å². The van der Waals surface area contributed by atoms with Gasteiger partial charge in [0.2, 0.25) is 11.8 Å². The number of nitrogens with one attached hydrogen (secondary N) is 1. The molecular formula is C16H24N2O2S. The molecule has 2 amide bonds. The first-order chi connectivity index (χ1) is 10.2. The molecule has 0 aromatic heterocycles. The van der Waals surface area contributed by atoms with E-state index in [1.54, 1.807) is 0 Å². The van der Waals surface area contributed by atoms with Gasteiger partial charge in [0.15, 0.2) is 0 Å². The summed E-state index contributed by atoms with van der Waals surface area (Å²) in [5.41, 5.74) is 0.785. The third-order valence-corrected chi connectivity index (χ3v) is 3.77. The molecule has 0 aliphatic heterocycles. The van der Waals surface area contributed by atoms with Crippen LogP contribution >= 0.6 is 11.8 Å². The van der Waals surface area contributed by atoms with Crippen molar-refractivity contribution in [2.45, 2.75) is 26.7 Å².